The predicted octanol–water partition coefficient (Wildman–Crippen LogP) is -0.784. The number of likely N-dealkylation sites (N-methyl/N-ethyl adjacent to an activating group) is 1. The Hall–Kier alpha value is -2.25. The summed E-state index contributed by atoms with van der Waals surface area (Å²) in [5, 5.41) is 42.8. The van der Waals surface area contributed by atoms with Crippen molar-refractivity contribution in [3.63, 3.8) is 0 Å². The Labute approximate surface area is 214 Å². The minimum absolute atomic E-state index is 0.0372. The number of likely N-dealkylation sites (tertiary alicyclic amines) is 1. The van der Waals surface area contributed by atoms with E-state index in [0.717, 1.165) is 31.0 Å². The van der Waals surface area contributed by atoms with Gasteiger partial charge in [-0.15, -0.1) is 0 Å². The van der Waals surface area contributed by atoms with E-state index in [0.29, 0.717) is 17.9 Å². The van der Waals surface area contributed by atoms with E-state index in [1.54, 1.807) is 7.11 Å². The fraction of sp³-hybridized carbons (Fsp3) is 0.654. The van der Waals surface area contributed by atoms with Gasteiger partial charge in [0.1, 0.15) is 18.3 Å². The highest BCUT2D eigenvalue weighted by atomic mass is 16.8. The zero-order chi connectivity index (χ0) is 26.3. The molecule has 3 aliphatic heterocycles. The first-order chi connectivity index (χ1) is 17.6. The lowest BCUT2D eigenvalue weighted by Gasteiger charge is -2.58. The van der Waals surface area contributed by atoms with Gasteiger partial charge in [-0.3, -0.25) is 4.79 Å². The fourth-order valence-corrected chi connectivity index (χ4v) is 7.17. The molecule has 4 N–H and O–H groups in total. The first-order valence-corrected chi connectivity index (χ1v) is 12.6. The summed E-state index contributed by atoms with van der Waals surface area (Å²) in [6, 6.07) is 4.12. The lowest BCUT2D eigenvalue weighted by molar-refractivity contribution is -0.368. The van der Waals surface area contributed by atoms with Crippen molar-refractivity contribution in [3.8, 4) is 11.5 Å². The molecule has 2 fully saturated rings. The molecule has 6 rings (SSSR count). The molecule has 5 aliphatic rings. The summed E-state index contributed by atoms with van der Waals surface area (Å²) in [7, 11) is 3.67. The summed E-state index contributed by atoms with van der Waals surface area (Å²) in [6.45, 7) is 1.32. The number of aliphatic hydroxyl groups is 4. The van der Waals surface area contributed by atoms with Gasteiger partial charge in [0.05, 0.1) is 19.1 Å². The Morgan fingerprint density at radius 3 is 2.76 bits per heavy atom. The maximum absolute atomic E-state index is 12.1. The number of rotatable bonds is 5. The van der Waals surface area contributed by atoms with E-state index in [1.807, 2.05) is 12.1 Å². The van der Waals surface area contributed by atoms with Crippen molar-refractivity contribution in [1.29, 1.82) is 0 Å². The Balaban J connectivity index is 1.43. The van der Waals surface area contributed by atoms with E-state index in [-0.39, 0.29) is 12.0 Å². The SMILES string of the molecule is COc1ccc2c3c1O[C@@H]1[C@]34CCN(C)[C@H](C2)[C@@H]4C=C[C@]1(O)O[C@H]1O[C@H](CO)[C@H](O)[C@H](O)[C@H]1OC(C)=O. The van der Waals surface area contributed by atoms with E-state index in [4.69, 9.17) is 23.7 Å². The smallest absolute Gasteiger partial charge is 0.303 e. The number of hydrogen-bond donors (Lipinski definition) is 4. The molecule has 37 heavy (non-hydrogen) atoms. The molecule has 3 heterocycles. The van der Waals surface area contributed by atoms with Crippen LogP contribution in [-0.4, -0.2) is 107 Å². The van der Waals surface area contributed by atoms with Crippen molar-refractivity contribution in [2.24, 2.45) is 5.92 Å². The summed E-state index contributed by atoms with van der Waals surface area (Å²) in [5.74, 6) is -1.61. The number of hydrogen-bond acceptors (Lipinski definition) is 11. The molecule has 2 bridgehead atoms. The number of carbonyl (C=O) groups is 1. The molecule has 1 aromatic carbocycles. The number of nitrogens with zero attached hydrogens (tertiary/aromatic N) is 1. The first-order valence-electron chi connectivity index (χ1n) is 12.6. The third-order valence-electron chi connectivity index (χ3n) is 8.83. The van der Waals surface area contributed by atoms with Crippen LogP contribution in [-0.2, 0) is 30.8 Å². The molecule has 2 saturated heterocycles. The van der Waals surface area contributed by atoms with Crippen molar-refractivity contribution in [3.05, 3.63) is 35.4 Å². The Bertz CT molecular complexity index is 1130. The van der Waals surface area contributed by atoms with Gasteiger partial charge in [0, 0.05) is 24.4 Å². The molecule has 0 aromatic heterocycles. The van der Waals surface area contributed by atoms with Crippen LogP contribution in [0.15, 0.2) is 24.3 Å². The van der Waals surface area contributed by atoms with E-state index in [2.05, 4.69) is 18.0 Å². The highest BCUT2D eigenvalue weighted by Crippen LogP contribution is 2.64. The van der Waals surface area contributed by atoms with Crippen LogP contribution < -0.4 is 9.47 Å². The molecule has 11 heteroatoms. The van der Waals surface area contributed by atoms with Crippen molar-refractivity contribution in [1.82, 2.24) is 4.90 Å². The molecule has 0 saturated carbocycles. The van der Waals surface area contributed by atoms with Crippen LogP contribution >= 0.6 is 0 Å². The van der Waals surface area contributed by atoms with Gasteiger partial charge in [0.2, 0.25) is 12.1 Å². The third kappa shape index (κ3) is 3.42. The first kappa shape index (κ1) is 25.1. The zero-order valence-electron chi connectivity index (χ0n) is 20.9. The highest BCUT2D eigenvalue weighted by molar-refractivity contribution is 5.66. The average Bonchev–Trinajstić information content (AvgIpc) is 3.23. The Morgan fingerprint density at radius 2 is 2.05 bits per heavy atom. The van der Waals surface area contributed by atoms with Crippen molar-refractivity contribution >= 4 is 5.97 Å². The van der Waals surface area contributed by atoms with Crippen LogP contribution in [0, 0.1) is 5.92 Å². The van der Waals surface area contributed by atoms with Crippen LogP contribution in [0.25, 0.3) is 0 Å². The van der Waals surface area contributed by atoms with Crippen LogP contribution in [0.2, 0.25) is 0 Å². The number of carbonyl (C=O) groups excluding carboxylic acids is 1. The van der Waals surface area contributed by atoms with E-state index >= 15 is 0 Å². The van der Waals surface area contributed by atoms with Gasteiger partial charge in [-0.2, -0.15) is 0 Å². The second-order valence-electron chi connectivity index (χ2n) is 10.7. The summed E-state index contributed by atoms with van der Waals surface area (Å²) in [5.41, 5.74) is 1.54. The van der Waals surface area contributed by atoms with E-state index in [9.17, 15) is 25.2 Å². The van der Waals surface area contributed by atoms with Crippen LogP contribution in [0.1, 0.15) is 24.5 Å². The zero-order valence-corrected chi connectivity index (χ0v) is 20.9. The van der Waals surface area contributed by atoms with E-state index < -0.39 is 60.6 Å². The maximum atomic E-state index is 12.1. The monoisotopic (exact) mass is 519 g/mol. The normalized spacial score (nSPS) is 43.6. The number of benzene rings is 1. The quantitative estimate of drug-likeness (QED) is 0.221. The minimum Gasteiger partial charge on any atom is -0.493 e. The molecular formula is C26H33NO10. The van der Waals surface area contributed by atoms with Gasteiger partial charge in [-0.1, -0.05) is 12.1 Å². The molecule has 1 aromatic rings. The topological polar surface area (TPSA) is 147 Å². The predicted molar refractivity (Wildman–Crippen MR) is 126 cm³/mol. The lowest BCUT2D eigenvalue weighted by Crippen LogP contribution is -2.70. The van der Waals surface area contributed by atoms with E-state index in [1.165, 1.54) is 6.08 Å². The summed E-state index contributed by atoms with van der Waals surface area (Å²) in [6.07, 6.45) is -3.19. The van der Waals surface area contributed by atoms with Crippen molar-refractivity contribution < 1.29 is 48.9 Å². The largest absolute Gasteiger partial charge is 0.493 e. The van der Waals surface area contributed by atoms with Gasteiger partial charge in [0.25, 0.3) is 0 Å². The van der Waals surface area contributed by atoms with Crippen LogP contribution in [0.4, 0.5) is 0 Å². The lowest BCUT2D eigenvalue weighted by atomic mass is 9.52. The molecule has 0 radical (unpaired) electrons. The number of esters is 1. The fourth-order valence-electron chi connectivity index (χ4n) is 7.17. The second-order valence-corrected chi connectivity index (χ2v) is 10.7. The number of piperidine rings is 1. The Kier molecular flexibility index (Phi) is 5.85. The molecule has 202 valence electrons. The van der Waals surface area contributed by atoms with Gasteiger partial charge in [-0.05, 0) is 44.1 Å². The minimum atomic E-state index is -2.05. The van der Waals surface area contributed by atoms with Gasteiger partial charge < -0.3 is 49.0 Å². The molecular weight excluding hydrogens is 486 g/mol. The van der Waals surface area contributed by atoms with Crippen molar-refractivity contribution in [2.45, 2.75) is 73.8 Å². The summed E-state index contributed by atoms with van der Waals surface area (Å²) < 4.78 is 29.2. The van der Waals surface area contributed by atoms with Crippen LogP contribution in [0.5, 0.6) is 11.5 Å². The number of aliphatic hydroxyl groups excluding tert-OH is 3. The molecule has 11 nitrogen and oxygen atoms in total. The molecule has 0 amide bonds. The Morgan fingerprint density at radius 1 is 1.27 bits per heavy atom. The maximum Gasteiger partial charge on any atom is 0.303 e. The summed E-state index contributed by atoms with van der Waals surface area (Å²) >= 11 is 0. The third-order valence-corrected chi connectivity index (χ3v) is 8.83. The molecule has 1 spiro atoms. The summed E-state index contributed by atoms with van der Waals surface area (Å²) in [4.78, 5) is 14.1. The average molecular weight is 520 g/mol. The standard InChI is InChI=1S/C26H33NO10/c1-12(29)34-22-20(31)19(30)17(11-28)35-23(22)37-26(32)7-6-14-15-10-13-4-5-16(33-3)21-18(13)25(14,24(26)36-21)8-9-27(15)2/h4-7,14-15,17,19-20,22-24,28,30-32H,8-11H2,1-3H3/t14-,15+,17+,19-,20-,22+,23+,24+,25-,26-/m0/s1. The van der Waals surface area contributed by atoms with Gasteiger partial charge >= 0.3 is 5.97 Å². The second kappa shape index (κ2) is 8.63. The van der Waals surface area contributed by atoms with Gasteiger partial charge in [0.15, 0.2) is 23.7 Å². The molecule has 2 aliphatic carbocycles. The van der Waals surface area contributed by atoms with Crippen molar-refractivity contribution in [2.75, 3.05) is 27.3 Å². The number of methoxy groups -OCH3 is 1. The molecule has 10 atom stereocenters. The highest BCUT2D eigenvalue weighted by Gasteiger charge is 2.69. The number of ether oxygens (including phenoxy) is 5. The van der Waals surface area contributed by atoms with Gasteiger partial charge in [-0.25, -0.2) is 0 Å². The van der Waals surface area contributed by atoms with Crippen LogP contribution in [0.3, 0.4) is 0 Å². The molecule has 0 unspecified atom stereocenters.